The van der Waals surface area contributed by atoms with Crippen molar-refractivity contribution in [1.29, 1.82) is 0 Å². The maximum absolute atomic E-state index is 6.10. The fourth-order valence-electron chi connectivity index (χ4n) is 3.20. The maximum atomic E-state index is 6.10. The normalized spacial score (nSPS) is 20.8. The highest BCUT2D eigenvalue weighted by Gasteiger charge is 2.30. The van der Waals surface area contributed by atoms with E-state index in [4.69, 9.17) is 11.6 Å². The number of aromatic nitrogens is 3. The molecule has 5 heteroatoms. The summed E-state index contributed by atoms with van der Waals surface area (Å²) in [5.41, 5.74) is 1.30. The van der Waals surface area contributed by atoms with Gasteiger partial charge in [0.25, 0.3) is 0 Å². The van der Waals surface area contributed by atoms with E-state index in [1.807, 2.05) is 23.7 Å². The van der Waals surface area contributed by atoms with E-state index in [0.717, 1.165) is 30.4 Å². The summed E-state index contributed by atoms with van der Waals surface area (Å²) in [5.74, 6) is 1.53. The number of hydrogen-bond donors (Lipinski definition) is 0. The molecule has 21 heavy (non-hydrogen) atoms. The SMILES string of the molecule is C[C@H](CN1CCC[C@H]1c1nncn1C)c1cccc(Cl)c1. The Bertz CT molecular complexity index is 610. The van der Waals surface area contributed by atoms with Crippen molar-refractivity contribution in [2.75, 3.05) is 13.1 Å². The summed E-state index contributed by atoms with van der Waals surface area (Å²) in [6, 6.07) is 8.57. The van der Waals surface area contributed by atoms with Crippen molar-refractivity contribution in [3.05, 3.63) is 47.0 Å². The number of halogens is 1. The van der Waals surface area contributed by atoms with Gasteiger partial charge in [0, 0.05) is 18.6 Å². The van der Waals surface area contributed by atoms with Crippen LogP contribution in [0.1, 0.15) is 43.1 Å². The van der Waals surface area contributed by atoms with Crippen molar-refractivity contribution in [3.63, 3.8) is 0 Å². The van der Waals surface area contributed by atoms with E-state index in [-0.39, 0.29) is 0 Å². The summed E-state index contributed by atoms with van der Waals surface area (Å²) in [7, 11) is 2.02. The quantitative estimate of drug-likeness (QED) is 0.868. The predicted molar refractivity (Wildman–Crippen MR) is 84.4 cm³/mol. The molecule has 0 bridgehead atoms. The smallest absolute Gasteiger partial charge is 0.149 e. The van der Waals surface area contributed by atoms with E-state index in [1.165, 1.54) is 12.0 Å². The second-order valence-corrected chi connectivity index (χ2v) is 6.35. The highest BCUT2D eigenvalue weighted by atomic mass is 35.5. The lowest BCUT2D eigenvalue weighted by Crippen LogP contribution is -2.29. The molecule has 1 aromatic carbocycles. The average Bonchev–Trinajstić information content (AvgIpc) is 3.07. The molecular formula is C16H21ClN4. The van der Waals surface area contributed by atoms with Crippen LogP contribution < -0.4 is 0 Å². The molecule has 4 nitrogen and oxygen atoms in total. The third kappa shape index (κ3) is 3.11. The lowest BCUT2D eigenvalue weighted by atomic mass is 10.0. The molecule has 0 radical (unpaired) electrons. The fraction of sp³-hybridized carbons (Fsp3) is 0.500. The summed E-state index contributed by atoms with van der Waals surface area (Å²) in [4.78, 5) is 2.52. The summed E-state index contributed by atoms with van der Waals surface area (Å²) in [5, 5.41) is 9.12. The van der Waals surface area contributed by atoms with Crippen LogP contribution in [0.4, 0.5) is 0 Å². The lowest BCUT2D eigenvalue weighted by Gasteiger charge is -2.27. The molecule has 2 aromatic rings. The number of hydrogen-bond acceptors (Lipinski definition) is 3. The van der Waals surface area contributed by atoms with Gasteiger partial charge in [-0.1, -0.05) is 30.7 Å². The van der Waals surface area contributed by atoms with Gasteiger partial charge < -0.3 is 4.57 Å². The Morgan fingerprint density at radius 1 is 1.43 bits per heavy atom. The Balaban J connectivity index is 1.73. The first kappa shape index (κ1) is 14.5. The molecule has 1 fully saturated rings. The molecule has 0 saturated carbocycles. The van der Waals surface area contributed by atoms with Crippen LogP contribution in [-0.2, 0) is 7.05 Å². The van der Waals surface area contributed by atoms with Gasteiger partial charge in [-0.25, -0.2) is 0 Å². The monoisotopic (exact) mass is 304 g/mol. The number of rotatable bonds is 4. The molecule has 0 N–H and O–H groups in total. The van der Waals surface area contributed by atoms with Crippen molar-refractivity contribution in [1.82, 2.24) is 19.7 Å². The van der Waals surface area contributed by atoms with Crippen LogP contribution in [0.2, 0.25) is 5.02 Å². The predicted octanol–water partition coefficient (Wildman–Crippen LogP) is 3.41. The van der Waals surface area contributed by atoms with Gasteiger partial charge in [0.1, 0.15) is 12.2 Å². The largest absolute Gasteiger partial charge is 0.319 e. The van der Waals surface area contributed by atoms with Crippen LogP contribution >= 0.6 is 11.6 Å². The molecule has 1 aliphatic rings. The molecule has 0 amide bonds. The van der Waals surface area contributed by atoms with Crippen molar-refractivity contribution in [3.8, 4) is 0 Å². The molecule has 2 atom stereocenters. The van der Waals surface area contributed by atoms with Crippen molar-refractivity contribution in [2.45, 2.75) is 31.7 Å². The van der Waals surface area contributed by atoms with Gasteiger partial charge in [-0.2, -0.15) is 0 Å². The van der Waals surface area contributed by atoms with Crippen LogP contribution in [0.25, 0.3) is 0 Å². The van der Waals surface area contributed by atoms with Gasteiger partial charge in [-0.05, 0) is 43.0 Å². The Kier molecular flexibility index (Phi) is 4.27. The third-order valence-corrected chi connectivity index (χ3v) is 4.57. The highest BCUT2D eigenvalue weighted by Crippen LogP contribution is 2.32. The van der Waals surface area contributed by atoms with Crippen molar-refractivity contribution in [2.24, 2.45) is 7.05 Å². The number of benzene rings is 1. The summed E-state index contributed by atoms with van der Waals surface area (Å²) in [6.07, 6.45) is 4.17. The zero-order valence-corrected chi connectivity index (χ0v) is 13.3. The minimum absolute atomic E-state index is 0.388. The molecule has 0 aliphatic carbocycles. The Morgan fingerprint density at radius 2 is 2.29 bits per heavy atom. The summed E-state index contributed by atoms with van der Waals surface area (Å²) >= 11 is 6.10. The molecule has 2 heterocycles. The molecular weight excluding hydrogens is 284 g/mol. The number of likely N-dealkylation sites (tertiary alicyclic amines) is 1. The first-order valence-corrected chi connectivity index (χ1v) is 7.86. The Morgan fingerprint density at radius 3 is 3.00 bits per heavy atom. The highest BCUT2D eigenvalue weighted by molar-refractivity contribution is 6.30. The maximum Gasteiger partial charge on any atom is 0.149 e. The second-order valence-electron chi connectivity index (χ2n) is 5.91. The van der Waals surface area contributed by atoms with Gasteiger partial charge in [-0.3, -0.25) is 4.90 Å². The molecule has 0 spiro atoms. The van der Waals surface area contributed by atoms with Crippen LogP contribution in [-0.4, -0.2) is 32.8 Å². The second kappa shape index (κ2) is 6.16. The van der Waals surface area contributed by atoms with Gasteiger partial charge in [0.05, 0.1) is 6.04 Å². The average molecular weight is 305 g/mol. The molecule has 112 valence electrons. The van der Waals surface area contributed by atoms with Crippen molar-refractivity contribution >= 4 is 11.6 Å². The molecule has 3 rings (SSSR count). The molecule has 0 unspecified atom stereocenters. The first-order valence-electron chi connectivity index (χ1n) is 7.48. The van der Waals surface area contributed by atoms with Crippen LogP contribution in [0, 0.1) is 0 Å². The first-order chi connectivity index (χ1) is 10.1. The van der Waals surface area contributed by atoms with Crippen molar-refractivity contribution < 1.29 is 0 Å². The summed E-state index contributed by atoms with van der Waals surface area (Å²) in [6.45, 7) is 4.41. The Labute approximate surface area is 130 Å². The minimum Gasteiger partial charge on any atom is -0.319 e. The number of aryl methyl sites for hydroxylation is 1. The van der Waals surface area contributed by atoms with Gasteiger partial charge in [0.2, 0.25) is 0 Å². The third-order valence-electron chi connectivity index (χ3n) is 4.33. The van der Waals surface area contributed by atoms with Gasteiger partial charge >= 0.3 is 0 Å². The van der Waals surface area contributed by atoms with Crippen LogP contribution in [0.15, 0.2) is 30.6 Å². The molecule has 1 saturated heterocycles. The van der Waals surface area contributed by atoms with E-state index in [0.29, 0.717) is 12.0 Å². The van der Waals surface area contributed by atoms with E-state index in [2.05, 4.69) is 34.2 Å². The zero-order chi connectivity index (χ0) is 14.8. The summed E-state index contributed by atoms with van der Waals surface area (Å²) < 4.78 is 2.03. The van der Waals surface area contributed by atoms with E-state index in [1.54, 1.807) is 6.33 Å². The van der Waals surface area contributed by atoms with E-state index < -0.39 is 0 Å². The van der Waals surface area contributed by atoms with E-state index in [9.17, 15) is 0 Å². The Hall–Kier alpha value is -1.39. The van der Waals surface area contributed by atoms with Crippen LogP contribution in [0.3, 0.4) is 0 Å². The topological polar surface area (TPSA) is 34.0 Å². The minimum atomic E-state index is 0.388. The number of nitrogens with zero attached hydrogens (tertiary/aromatic N) is 4. The van der Waals surface area contributed by atoms with E-state index >= 15 is 0 Å². The standard InChI is InChI=1S/C16H21ClN4/c1-12(13-5-3-6-14(17)9-13)10-21-8-4-7-15(21)16-19-18-11-20(16)2/h3,5-6,9,11-12,15H,4,7-8,10H2,1-2H3/t12-,15+/m1/s1. The molecule has 1 aliphatic heterocycles. The molecule has 1 aromatic heterocycles. The zero-order valence-electron chi connectivity index (χ0n) is 12.5. The lowest BCUT2D eigenvalue weighted by molar-refractivity contribution is 0.233. The van der Waals surface area contributed by atoms with Gasteiger partial charge in [0.15, 0.2) is 0 Å². The fourth-order valence-corrected chi connectivity index (χ4v) is 3.40. The van der Waals surface area contributed by atoms with Crippen LogP contribution in [0.5, 0.6) is 0 Å². The van der Waals surface area contributed by atoms with Gasteiger partial charge in [-0.15, -0.1) is 10.2 Å².